The molecule has 0 radical (unpaired) electrons. The van der Waals surface area contributed by atoms with Gasteiger partial charge in [0.15, 0.2) is 0 Å². The Kier molecular flexibility index (Phi) is 5.83. The molecule has 1 fully saturated rings. The van der Waals surface area contributed by atoms with Crippen molar-refractivity contribution in [2.24, 2.45) is 5.92 Å². The Bertz CT molecular complexity index is 1190. The van der Waals surface area contributed by atoms with Gasteiger partial charge in [0.1, 0.15) is 17.2 Å². The van der Waals surface area contributed by atoms with Crippen LogP contribution in [0.1, 0.15) is 50.2 Å². The summed E-state index contributed by atoms with van der Waals surface area (Å²) >= 11 is 0. The van der Waals surface area contributed by atoms with Crippen molar-refractivity contribution in [3.63, 3.8) is 0 Å². The molecule has 31 heavy (non-hydrogen) atoms. The molecule has 1 N–H and O–H groups in total. The molecule has 0 aliphatic heterocycles. The van der Waals surface area contributed by atoms with Gasteiger partial charge in [0, 0.05) is 29.1 Å². The van der Waals surface area contributed by atoms with Crippen molar-refractivity contribution in [3.05, 3.63) is 53.3 Å². The van der Waals surface area contributed by atoms with E-state index in [1.165, 1.54) is 22.7 Å². The molecule has 0 saturated heterocycles. The lowest BCUT2D eigenvalue weighted by Crippen LogP contribution is -2.32. The Morgan fingerprint density at radius 3 is 2.42 bits per heavy atom. The number of fused-ring (bicyclic) bond motifs is 1. The van der Waals surface area contributed by atoms with Crippen molar-refractivity contribution < 1.29 is 22.3 Å². The number of hydrogen-bond acceptors (Lipinski definition) is 4. The highest BCUT2D eigenvalue weighted by atomic mass is 32.2. The number of aliphatic hydroxyl groups is 1. The van der Waals surface area contributed by atoms with Crippen LogP contribution in [0, 0.1) is 11.7 Å². The summed E-state index contributed by atoms with van der Waals surface area (Å²) in [5, 5.41) is 10.8. The van der Waals surface area contributed by atoms with Crippen molar-refractivity contribution >= 4 is 26.7 Å². The summed E-state index contributed by atoms with van der Waals surface area (Å²) in [6.07, 6.45) is 4.00. The number of rotatable bonds is 8. The van der Waals surface area contributed by atoms with Crippen LogP contribution in [-0.4, -0.2) is 26.3 Å². The molecular formula is C24H28FNO4S. The third-order valence-electron chi connectivity index (χ3n) is 5.80. The van der Waals surface area contributed by atoms with Crippen LogP contribution < -0.4 is 4.31 Å². The molecule has 0 amide bonds. The summed E-state index contributed by atoms with van der Waals surface area (Å²) in [4.78, 5) is 0. The summed E-state index contributed by atoms with van der Waals surface area (Å²) in [7, 11) is -3.48. The van der Waals surface area contributed by atoms with Crippen molar-refractivity contribution in [3.8, 4) is 11.3 Å². The quantitative estimate of drug-likeness (QED) is 0.503. The van der Waals surface area contributed by atoms with Gasteiger partial charge < -0.3 is 9.52 Å². The molecule has 4 rings (SSSR count). The Labute approximate surface area is 182 Å². The molecule has 0 atom stereocenters. The fourth-order valence-corrected chi connectivity index (χ4v) is 4.92. The van der Waals surface area contributed by atoms with Gasteiger partial charge in [-0.2, -0.15) is 0 Å². The molecule has 7 heteroatoms. The number of benzene rings is 2. The first-order valence-electron chi connectivity index (χ1n) is 10.6. The summed E-state index contributed by atoms with van der Waals surface area (Å²) in [5.74, 6) is 0.799. The zero-order valence-corrected chi connectivity index (χ0v) is 18.9. The molecule has 3 aromatic rings. The van der Waals surface area contributed by atoms with E-state index < -0.39 is 10.0 Å². The van der Waals surface area contributed by atoms with E-state index in [1.807, 2.05) is 6.07 Å². The van der Waals surface area contributed by atoms with E-state index in [4.69, 9.17) is 4.42 Å². The van der Waals surface area contributed by atoms with Crippen LogP contribution in [0.5, 0.6) is 0 Å². The molecular weight excluding hydrogens is 417 g/mol. The average molecular weight is 446 g/mol. The van der Waals surface area contributed by atoms with Gasteiger partial charge in [-0.25, -0.2) is 12.8 Å². The molecule has 1 heterocycles. The smallest absolute Gasteiger partial charge is 0.232 e. The predicted octanol–water partition coefficient (Wildman–Crippen LogP) is 5.42. The maximum Gasteiger partial charge on any atom is 0.232 e. The number of halogens is 1. The Morgan fingerprint density at radius 1 is 1.19 bits per heavy atom. The highest BCUT2D eigenvalue weighted by molar-refractivity contribution is 7.92. The maximum absolute atomic E-state index is 13.4. The average Bonchev–Trinajstić information content (AvgIpc) is 3.48. The van der Waals surface area contributed by atoms with E-state index in [1.54, 1.807) is 18.2 Å². The van der Waals surface area contributed by atoms with Gasteiger partial charge in [-0.05, 0) is 67.0 Å². The van der Waals surface area contributed by atoms with Crippen LogP contribution in [0.4, 0.5) is 10.1 Å². The second-order valence-electron chi connectivity index (χ2n) is 8.77. The zero-order valence-electron chi connectivity index (χ0n) is 18.1. The highest BCUT2D eigenvalue weighted by Gasteiger charge is 2.32. The van der Waals surface area contributed by atoms with E-state index in [0.29, 0.717) is 46.5 Å². The second-order valence-corrected chi connectivity index (χ2v) is 10.7. The molecule has 0 spiro atoms. The van der Waals surface area contributed by atoms with Crippen LogP contribution in [0.3, 0.4) is 0 Å². The number of nitrogens with zero attached hydrogens (tertiary/aromatic N) is 1. The Hall–Kier alpha value is -2.38. The van der Waals surface area contributed by atoms with Crippen LogP contribution in [0.25, 0.3) is 22.3 Å². The lowest BCUT2D eigenvalue weighted by Gasteiger charge is -2.26. The van der Waals surface area contributed by atoms with E-state index in [-0.39, 0.29) is 12.4 Å². The molecule has 1 saturated carbocycles. The molecule has 1 aliphatic rings. The first-order chi connectivity index (χ1) is 14.7. The summed E-state index contributed by atoms with van der Waals surface area (Å²) in [6, 6.07) is 9.68. The minimum atomic E-state index is -3.48. The van der Waals surface area contributed by atoms with E-state index in [0.717, 1.165) is 30.2 Å². The van der Waals surface area contributed by atoms with Crippen LogP contribution in [0.15, 0.2) is 40.8 Å². The third kappa shape index (κ3) is 4.48. The fourth-order valence-electron chi connectivity index (χ4n) is 3.97. The largest absolute Gasteiger partial charge is 0.456 e. The lowest BCUT2D eigenvalue weighted by atomic mass is 10.0. The van der Waals surface area contributed by atoms with Gasteiger partial charge in [0.05, 0.1) is 18.6 Å². The molecule has 0 unspecified atom stereocenters. The number of hydrogen-bond donors (Lipinski definition) is 1. The molecule has 1 aromatic heterocycles. The molecule has 5 nitrogen and oxygen atoms in total. The molecule has 166 valence electrons. The first kappa shape index (κ1) is 21.8. The fraction of sp³-hybridized carbons (Fsp3) is 0.417. The lowest BCUT2D eigenvalue weighted by molar-refractivity contribution is 0.282. The third-order valence-corrected chi connectivity index (χ3v) is 6.98. The van der Waals surface area contributed by atoms with Gasteiger partial charge in [0.2, 0.25) is 10.0 Å². The monoisotopic (exact) mass is 445 g/mol. The van der Waals surface area contributed by atoms with Crippen molar-refractivity contribution in [1.82, 2.24) is 0 Å². The number of sulfonamides is 1. The Balaban J connectivity index is 1.90. The summed E-state index contributed by atoms with van der Waals surface area (Å²) in [5.41, 5.74) is 3.44. The van der Waals surface area contributed by atoms with Crippen LogP contribution in [0.2, 0.25) is 0 Å². The van der Waals surface area contributed by atoms with E-state index >= 15 is 0 Å². The van der Waals surface area contributed by atoms with Gasteiger partial charge >= 0.3 is 0 Å². The van der Waals surface area contributed by atoms with Crippen molar-refractivity contribution in [2.75, 3.05) is 17.1 Å². The highest BCUT2D eigenvalue weighted by Crippen LogP contribution is 2.48. The zero-order chi connectivity index (χ0) is 22.3. The molecule has 1 aliphatic carbocycles. The van der Waals surface area contributed by atoms with Crippen LogP contribution in [-0.2, 0) is 16.6 Å². The predicted molar refractivity (Wildman–Crippen MR) is 121 cm³/mol. The van der Waals surface area contributed by atoms with Gasteiger partial charge in [-0.15, -0.1) is 0 Å². The van der Waals surface area contributed by atoms with E-state index in [2.05, 4.69) is 13.8 Å². The summed E-state index contributed by atoms with van der Waals surface area (Å²) in [6.45, 7) is 4.31. The SMILES string of the molecule is CC(C)CCN(c1cc2oc(-c3ccc(F)cc3)c(CO)c2cc1C1CC1)S(C)(=O)=O. The Morgan fingerprint density at radius 2 is 1.87 bits per heavy atom. The van der Waals surface area contributed by atoms with Crippen molar-refractivity contribution in [1.29, 1.82) is 0 Å². The minimum absolute atomic E-state index is 0.230. The standard InChI is InChI=1S/C24H28FNO4S/c1-15(2)10-11-26(31(3,28)29)22-13-23-20(12-19(22)16-4-5-16)21(14-27)24(30-23)17-6-8-18(25)9-7-17/h6-9,12-13,15-16,27H,4-5,10-11,14H2,1-3H3. The van der Waals surface area contributed by atoms with E-state index in [9.17, 15) is 17.9 Å². The van der Waals surface area contributed by atoms with Gasteiger partial charge in [-0.3, -0.25) is 4.31 Å². The van der Waals surface area contributed by atoms with Crippen LogP contribution >= 0.6 is 0 Å². The van der Waals surface area contributed by atoms with Gasteiger partial charge in [0.25, 0.3) is 0 Å². The normalized spacial score (nSPS) is 14.5. The summed E-state index contributed by atoms with van der Waals surface area (Å²) < 4.78 is 46.3. The number of furan rings is 1. The topological polar surface area (TPSA) is 70.8 Å². The van der Waals surface area contributed by atoms with Gasteiger partial charge in [-0.1, -0.05) is 13.8 Å². The number of aliphatic hydroxyl groups excluding tert-OH is 1. The first-order valence-corrected chi connectivity index (χ1v) is 12.5. The maximum atomic E-state index is 13.4. The second kappa shape index (κ2) is 8.28. The van der Waals surface area contributed by atoms with Crippen molar-refractivity contribution in [2.45, 2.75) is 45.6 Å². The number of anilines is 1. The molecule has 2 aromatic carbocycles. The molecule has 0 bridgehead atoms. The minimum Gasteiger partial charge on any atom is -0.456 e.